The molecule has 25 heavy (non-hydrogen) atoms. The quantitative estimate of drug-likeness (QED) is 0.792. The van der Waals surface area contributed by atoms with E-state index in [0.717, 1.165) is 42.3 Å². The zero-order chi connectivity index (χ0) is 17.2. The molecule has 0 atom stereocenters. The van der Waals surface area contributed by atoms with E-state index in [9.17, 15) is 9.59 Å². The van der Waals surface area contributed by atoms with E-state index in [1.165, 1.54) is 4.68 Å². The summed E-state index contributed by atoms with van der Waals surface area (Å²) in [6, 6.07) is 10.9. The van der Waals surface area contributed by atoms with Gasteiger partial charge in [-0.3, -0.25) is 9.59 Å². The molecule has 0 fully saturated rings. The van der Waals surface area contributed by atoms with Gasteiger partial charge in [0.2, 0.25) is 0 Å². The third kappa shape index (κ3) is 3.20. The number of hydrogen-bond acceptors (Lipinski definition) is 4. The van der Waals surface area contributed by atoms with Crippen molar-refractivity contribution in [1.29, 1.82) is 0 Å². The lowest BCUT2D eigenvalue weighted by molar-refractivity contribution is 0.0926. The van der Waals surface area contributed by atoms with Gasteiger partial charge in [-0.05, 0) is 43.4 Å². The summed E-state index contributed by atoms with van der Waals surface area (Å²) in [5, 5.41) is 8.12. The first kappa shape index (κ1) is 15.6. The molecule has 2 heterocycles. The predicted molar refractivity (Wildman–Crippen MR) is 93.7 cm³/mol. The number of rotatable bonds is 4. The molecule has 6 nitrogen and oxygen atoms in total. The zero-order valence-electron chi connectivity index (χ0n) is 13.8. The van der Waals surface area contributed by atoms with Gasteiger partial charge in [-0.25, -0.2) is 4.68 Å². The Morgan fingerprint density at radius 2 is 2.04 bits per heavy atom. The van der Waals surface area contributed by atoms with Crippen LogP contribution in [-0.2, 0) is 19.4 Å². The van der Waals surface area contributed by atoms with Crippen LogP contribution in [0.1, 0.15) is 34.7 Å². The summed E-state index contributed by atoms with van der Waals surface area (Å²) in [5.74, 6) is -0.0193. The fourth-order valence-electron chi connectivity index (χ4n) is 3.22. The first-order chi connectivity index (χ1) is 12.2. The number of fused-ring (bicyclic) bond motifs is 2. The number of nitrogens with one attached hydrogen (secondary N) is 1. The molecule has 2 aromatic heterocycles. The van der Waals surface area contributed by atoms with Gasteiger partial charge >= 0.3 is 0 Å². The highest BCUT2D eigenvalue weighted by Gasteiger charge is 2.14. The predicted octanol–water partition coefficient (Wildman–Crippen LogP) is 2.30. The van der Waals surface area contributed by atoms with Crippen LogP contribution in [-0.4, -0.2) is 22.2 Å². The summed E-state index contributed by atoms with van der Waals surface area (Å²) in [4.78, 5) is 24.3. The van der Waals surface area contributed by atoms with Gasteiger partial charge in [-0.15, -0.1) is 0 Å². The number of furan rings is 1. The molecule has 1 N–H and O–H groups in total. The summed E-state index contributed by atoms with van der Waals surface area (Å²) in [6.45, 7) is 0.666. The smallest absolute Gasteiger partial charge is 0.287 e. The Hall–Kier alpha value is -2.89. The van der Waals surface area contributed by atoms with Crippen LogP contribution in [0, 0.1) is 0 Å². The number of carbonyl (C=O) groups is 1. The first-order valence-corrected chi connectivity index (χ1v) is 8.57. The Bertz CT molecular complexity index is 954. The summed E-state index contributed by atoms with van der Waals surface area (Å²) >= 11 is 0. The molecular weight excluding hydrogens is 318 g/mol. The molecule has 128 valence electrons. The fourth-order valence-corrected chi connectivity index (χ4v) is 3.22. The van der Waals surface area contributed by atoms with Gasteiger partial charge in [-0.1, -0.05) is 18.2 Å². The van der Waals surface area contributed by atoms with Crippen molar-refractivity contribution in [3.8, 4) is 0 Å². The lowest BCUT2D eigenvalue weighted by Crippen LogP contribution is -2.33. The number of nitrogens with zero attached hydrogens (tertiary/aromatic N) is 2. The lowest BCUT2D eigenvalue weighted by atomic mass is 9.97. The van der Waals surface area contributed by atoms with Gasteiger partial charge < -0.3 is 9.73 Å². The van der Waals surface area contributed by atoms with Crippen molar-refractivity contribution in [2.24, 2.45) is 0 Å². The van der Waals surface area contributed by atoms with Gasteiger partial charge in [0.05, 0.1) is 12.2 Å². The van der Waals surface area contributed by atoms with E-state index < -0.39 is 0 Å². The highest BCUT2D eigenvalue weighted by molar-refractivity contribution is 5.95. The number of carbonyl (C=O) groups excluding carboxylic acids is 1. The first-order valence-electron chi connectivity index (χ1n) is 8.57. The third-order valence-corrected chi connectivity index (χ3v) is 4.53. The van der Waals surface area contributed by atoms with Crippen LogP contribution in [0.3, 0.4) is 0 Å². The van der Waals surface area contributed by atoms with Crippen molar-refractivity contribution < 1.29 is 9.21 Å². The number of aryl methyl sites for hydroxylation is 2. The molecule has 3 aromatic rings. The standard InChI is InChI=1S/C19H19N3O3/c23-18-12-13-5-1-3-7-15(13)21-22(18)10-9-20-19(24)17-11-14-6-2-4-8-16(14)25-17/h2,4,6,8,11-12H,1,3,5,7,9-10H2,(H,20,24). The van der Waals surface area contributed by atoms with Gasteiger partial charge in [0.25, 0.3) is 11.5 Å². The second kappa shape index (κ2) is 6.55. The summed E-state index contributed by atoms with van der Waals surface area (Å²) < 4.78 is 6.97. The van der Waals surface area contributed by atoms with E-state index in [2.05, 4.69) is 10.4 Å². The maximum Gasteiger partial charge on any atom is 0.287 e. The Morgan fingerprint density at radius 3 is 2.92 bits per heavy atom. The SMILES string of the molecule is O=C(NCCn1nc2c(cc1=O)CCCC2)c1cc2ccccc2o1. The lowest BCUT2D eigenvalue weighted by Gasteiger charge is -2.15. The maximum atomic E-state index is 12.2. The molecule has 0 spiro atoms. The Morgan fingerprint density at radius 1 is 1.20 bits per heavy atom. The minimum Gasteiger partial charge on any atom is -0.451 e. The molecular formula is C19H19N3O3. The number of hydrogen-bond donors (Lipinski definition) is 1. The highest BCUT2D eigenvalue weighted by Crippen LogP contribution is 2.18. The van der Waals surface area contributed by atoms with Crippen molar-refractivity contribution >= 4 is 16.9 Å². The van der Waals surface area contributed by atoms with E-state index in [0.29, 0.717) is 18.7 Å². The minimum atomic E-state index is -0.290. The molecule has 1 aliphatic rings. The average Bonchev–Trinajstić information content (AvgIpc) is 3.06. The molecule has 1 aromatic carbocycles. The second-order valence-corrected chi connectivity index (χ2v) is 6.29. The molecule has 0 bridgehead atoms. The van der Waals surface area contributed by atoms with Crippen LogP contribution in [0.15, 0.2) is 45.6 Å². The van der Waals surface area contributed by atoms with Crippen LogP contribution in [0.4, 0.5) is 0 Å². The minimum absolute atomic E-state index is 0.112. The fraction of sp³-hybridized carbons (Fsp3) is 0.316. The van der Waals surface area contributed by atoms with Crippen molar-refractivity contribution in [2.45, 2.75) is 32.2 Å². The summed E-state index contributed by atoms with van der Waals surface area (Å²) in [6.07, 6.45) is 4.08. The van der Waals surface area contributed by atoms with Gasteiger partial charge in [0.15, 0.2) is 5.76 Å². The van der Waals surface area contributed by atoms with Crippen molar-refractivity contribution in [3.63, 3.8) is 0 Å². The van der Waals surface area contributed by atoms with E-state index in [1.807, 2.05) is 24.3 Å². The number of aromatic nitrogens is 2. The number of benzene rings is 1. The molecule has 0 radical (unpaired) electrons. The molecule has 0 saturated heterocycles. The molecule has 0 saturated carbocycles. The van der Waals surface area contributed by atoms with Crippen molar-refractivity contribution in [3.05, 3.63) is 63.8 Å². The Kier molecular flexibility index (Phi) is 4.09. The topological polar surface area (TPSA) is 77.1 Å². The van der Waals surface area contributed by atoms with Crippen LogP contribution in [0.2, 0.25) is 0 Å². The third-order valence-electron chi connectivity index (χ3n) is 4.53. The molecule has 0 unspecified atom stereocenters. The van der Waals surface area contributed by atoms with E-state index in [1.54, 1.807) is 12.1 Å². The van der Waals surface area contributed by atoms with E-state index >= 15 is 0 Å². The molecule has 6 heteroatoms. The molecule has 1 amide bonds. The van der Waals surface area contributed by atoms with Gasteiger partial charge in [-0.2, -0.15) is 5.10 Å². The van der Waals surface area contributed by atoms with Gasteiger partial charge in [0, 0.05) is 18.0 Å². The Balaban J connectivity index is 1.42. The Labute approximate surface area is 144 Å². The summed E-state index contributed by atoms with van der Waals surface area (Å²) in [5.41, 5.74) is 2.65. The second-order valence-electron chi connectivity index (χ2n) is 6.29. The highest BCUT2D eigenvalue weighted by atomic mass is 16.3. The van der Waals surface area contributed by atoms with Crippen LogP contribution in [0.5, 0.6) is 0 Å². The van der Waals surface area contributed by atoms with E-state index in [4.69, 9.17) is 4.42 Å². The molecule has 1 aliphatic carbocycles. The van der Waals surface area contributed by atoms with Crippen molar-refractivity contribution in [1.82, 2.24) is 15.1 Å². The monoisotopic (exact) mass is 337 g/mol. The van der Waals surface area contributed by atoms with Crippen molar-refractivity contribution in [2.75, 3.05) is 6.54 Å². The van der Waals surface area contributed by atoms with Crippen LogP contribution in [0.25, 0.3) is 11.0 Å². The largest absolute Gasteiger partial charge is 0.451 e. The van der Waals surface area contributed by atoms with E-state index in [-0.39, 0.29) is 17.2 Å². The van der Waals surface area contributed by atoms with Gasteiger partial charge in [0.1, 0.15) is 5.58 Å². The van der Waals surface area contributed by atoms with Crippen LogP contribution >= 0.6 is 0 Å². The zero-order valence-corrected chi connectivity index (χ0v) is 13.8. The van der Waals surface area contributed by atoms with Crippen LogP contribution < -0.4 is 10.9 Å². The number of amides is 1. The normalized spacial score (nSPS) is 13.6. The number of para-hydroxylation sites is 1. The molecule has 4 rings (SSSR count). The average molecular weight is 337 g/mol. The molecule has 0 aliphatic heterocycles. The maximum absolute atomic E-state index is 12.2. The summed E-state index contributed by atoms with van der Waals surface area (Å²) in [7, 11) is 0.